The van der Waals surface area contributed by atoms with E-state index in [2.05, 4.69) is 15.3 Å². The number of nitrogens with zero attached hydrogens (tertiary/aromatic N) is 2. The molecule has 0 bridgehead atoms. The van der Waals surface area contributed by atoms with Gasteiger partial charge in [0.1, 0.15) is 0 Å². The van der Waals surface area contributed by atoms with Crippen molar-refractivity contribution < 1.29 is 14.2 Å². The zero-order valence-electron chi connectivity index (χ0n) is 13.4. The van der Waals surface area contributed by atoms with Gasteiger partial charge < -0.3 is 25.3 Å². The Kier molecular flexibility index (Phi) is 5.62. The number of rotatable bonds is 6. The summed E-state index contributed by atoms with van der Waals surface area (Å²) in [5.74, 6) is 2.11. The van der Waals surface area contributed by atoms with Crippen LogP contribution in [-0.2, 0) is 6.54 Å². The standard InChI is InChI=1S/C16H20N4O3/c1-21-13-5-4-12(9-14(13)22-2)20-16(17)19-10-11-6-7-18-15(8-11)23-3/h4-9H,10H2,1-3H3,(H3,17,19,20). The molecule has 0 amide bonds. The molecule has 2 aromatic rings. The second kappa shape index (κ2) is 7.88. The summed E-state index contributed by atoms with van der Waals surface area (Å²) >= 11 is 0. The molecule has 7 heteroatoms. The lowest BCUT2D eigenvalue weighted by Gasteiger charge is -2.11. The van der Waals surface area contributed by atoms with Crippen LogP contribution in [0, 0.1) is 0 Å². The largest absolute Gasteiger partial charge is 0.493 e. The smallest absolute Gasteiger partial charge is 0.213 e. The van der Waals surface area contributed by atoms with Crippen LogP contribution in [0.5, 0.6) is 17.4 Å². The maximum atomic E-state index is 5.91. The number of nitrogens with two attached hydrogens (primary N) is 1. The molecule has 0 radical (unpaired) electrons. The molecular weight excluding hydrogens is 296 g/mol. The maximum absolute atomic E-state index is 5.91. The van der Waals surface area contributed by atoms with E-state index in [1.165, 1.54) is 0 Å². The van der Waals surface area contributed by atoms with Gasteiger partial charge in [0.25, 0.3) is 0 Å². The average Bonchev–Trinajstić information content (AvgIpc) is 2.60. The summed E-state index contributed by atoms with van der Waals surface area (Å²) in [6.45, 7) is 0.422. The minimum Gasteiger partial charge on any atom is -0.493 e. The first-order chi connectivity index (χ1) is 11.2. The number of hydrogen-bond acceptors (Lipinski definition) is 5. The van der Waals surface area contributed by atoms with Crippen LogP contribution in [0.3, 0.4) is 0 Å². The van der Waals surface area contributed by atoms with Crippen molar-refractivity contribution in [3.8, 4) is 17.4 Å². The molecule has 0 aliphatic heterocycles. The molecule has 0 atom stereocenters. The van der Waals surface area contributed by atoms with Crippen molar-refractivity contribution in [2.24, 2.45) is 10.7 Å². The molecule has 23 heavy (non-hydrogen) atoms. The number of pyridine rings is 1. The van der Waals surface area contributed by atoms with Crippen molar-refractivity contribution in [2.75, 3.05) is 26.6 Å². The summed E-state index contributed by atoms with van der Waals surface area (Å²) in [6.07, 6.45) is 1.67. The lowest BCUT2D eigenvalue weighted by Crippen LogP contribution is -2.22. The summed E-state index contributed by atoms with van der Waals surface area (Å²) in [4.78, 5) is 8.34. The summed E-state index contributed by atoms with van der Waals surface area (Å²) in [5.41, 5.74) is 7.62. The second-order valence-corrected chi connectivity index (χ2v) is 4.60. The Balaban J connectivity index is 2.04. The fourth-order valence-electron chi connectivity index (χ4n) is 1.94. The van der Waals surface area contributed by atoms with Gasteiger partial charge in [-0.25, -0.2) is 9.98 Å². The number of nitrogens with one attached hydrogen (secondary N) is 1. The summed E-state index contributed by atoms with van der Waals surface area (Å²) < 4.78 is 15.5. The van der Waals surface area contributed by atoms with Gasteiger partial charge in [0.2, 0.25) is 5.88 Å². The molecule has 7 nitrogen and oxygen atoms in total. The van der Waals surface area contributed by atoms with Crippen LogP contribution in [0.1, 0.15) is 5.56 Å². The van der Waals surface area contributed by atoms with Gasteiger partial charge in [0.15, 0.2) is 17.5 Å². The summed E-state index contributed by atoms with van der Waals surface area (Å²) in [6, 6.07) is 9.08. The summed E-state index contributed by atoms with van der Waals surface area (Å²) in [5, 5.41) is 3.01. The number of aliphatic imine (C=N–C) groups is 1. The Hall–Kier alpha value is -2.96. The minimum absolute atomic E-state index is 0.299. The summed E-state index contributed by atoms with van der Waals surface area (Å²) in [7, 11) is 4.74. The third-order valence-corrected chi connectivity index (χ3v) is 3.10. The molecule has 0 spiro atoms. The van der Waals surface area contributed by atoms with Crippen LogP contribution >= 0.6 is 0 Å². The van der Waals surface area contributed by atoms with E-state index in [0.29, 0.717) is 29.9 Å². The number of anilines is 1. The van der Waals surface area contributed by atoms with Crippen molar-refractivity contribution >= 4 is 11.6 Å². The van der Waals surface area contributed by atoms with E-state index >= 15 is 0 Å². The number of benzene rings is 1. The highest BCUT2D eigenvalue weighted by molar-refractivity contribution is 5.92. The quantitative estimate of drug-likeness (QED) is 0.626. The maximum Gasteiger partial charge on any atom is 0.213 e. The monoisotopic (exact) mass is 316 g/mol. The molecule has 2 rings (SSSR count). The van der Waals surface area contributed by atoms with Gasteiger partial charge in [-0.2, -0.15) is 0 Å². The number of aromatic nitrogens is 1. The van der Waals surface area contributed by atoms with Crippen molar-refractivity contribution in [1.82, 2.24) is 4.98 Å². The topological polar surface area (TPSA) is 91.0 Å². The third kappa shape index (κ3) is 4.50. The first kappa shape index (κ1) is 16.4. The Morgan fingerprint density at radius 1 is 1.09 bits per heavy atom. The predicted octanol–water partition coefficient (Wildman–Crippen LogP) is 2.03. The minimum atomic E-state index is 0.299. The van der Waals surface area contributed by atoms with Gasteiger partial charge in [-0.3, -0.25) is 0 Å². The van der Waals surface area contributed by atoms with Crippen molar-refractivity contribution in [1.29, 1.82) is 0 Å². The van der Waals surface area contributed by atoms with Crippen molar-refractivity contribution in [2.45, 2.75) is 6.54 Å². The van der Waals surface area contributed by atoms with Crippen LogP contribution in [0.25, 0.3) is 0 Å². The molecule has 122 valence electrons. The Bertz CT molecular complexity index is 689. The second-order valence-electron chi connectivity index (χ2n) is 4.60. The Morgan fingerprint density at radius 2 is 1.87 bits per heavy atom. The van der Waals surface area contributed by atoms with E-state index in [9.17, 15) is 0 Å². The SMILES string of the molecule is COc1cc(CN=C(N)Nc2ccc(OC)c(OC)c2)ccn1. The van der Waals surface area contributed by atoms with E-state index < -0.39 is 0 Å². The van der Waals surface area contributed by atoms with Gasteiger partial charge in [0, 0.05) is 24.0 Å². The van der Waals surface area contributed by atoms with E-state index in [1.54, 1.807) is 39.7 Å². The molecule has 0 aliphatic carbocycles. The van der Waals surface area contributed by atoms with Crippen LogP contribution in [0.15, 0.2) is 41.5 Å². The zero-order chi connectivity index (χ0) is 16.7. The zero-order valence-corrected chi connectivity index (χ0v) is 13.4. The Labute approximate surface area is 135 Å². The number of methoxy groups -OCH3 is 3. The van der Waals surface area contributed by atoms with Crippen molar-refractivity contribution in [3.63, 3.8) is 0 Å². The highest BCUT2D eigenvalue weighted by Gasteiger charge is 2.05. The normalized spacial score (nSPS) is 11.0. The number of ether oxygens (including phenoxy) is 3. The lowest BCUT2D eigenvalue weighted by atomic mass is 10.2. The first-order valence-electron chi connectivity index (χ1n) is 6.94. The van der Waals surface area contributed by atoms with Gasteiger partial charge in [-0.15, -0.1) is 0 Å². The van der Waals surface area contributed by atoms with E-state index in [1.807, 2.05) is 18.2 Å². The molecular formula is C16H20N4O3. The highest BCUT2D eigenvalue weighted by Crippen LogP contribution is 2.29. The molecule has 0 saturated carbocycles. The molecule has 1 heterocycles. The first-order valence-corrected chi connectivity index (χ1v) is 6.94. The van der Waals surface area contributed by atoms with E-state index in [0.717, 1.165) is 11.3 Å². The van der Waals surface area contributed by atoms with Crippen LogP contribution in [0.4, 0.5) is 5.69 Å². The molecule has 1 aromatic heterocycles. The van der Waals surface area contributed by atoms with E-state index in [-0.39, 0.29) is 0 Å². The number of guanidine groups is 1. The fraction of sp³-hybridized carbons (Fsp3) is 0.250. The molecule has 0 unspecified atom stereocenters. The van der Waals surface area contributed by atoms with E-state index in [4.69, 9.17) is 19.9 Å². The fourth-order valence-corrected chi connectivity index (χ4v) is 1.94. The van der Waals surface area contributed by atoms with Crippen LogP contribution < -0.4 is 25.3 Å². The Morgan fingerprint density at radius 3 is 2.57 bits per heavy atom. The molecule has 0 fully saturated rings. The van der Waals surface area contributed by atoms with Gasteiger partial charge in [-0.05, 0) is 23.8 Å². The third-order valence-electron chi connectivity index (χ3n) is 3.10. The molecule has 0 saturated heterocycles. The number of hydrogen-bond donors (Lipinski definition) is 2. The molecule has 0 aliphatic rings. The van der Waals surface area contributed by atoms with Gasteiger partial charge >= 0.3 is 0 Å². The van der Waals surface area contributed by atoms with Gasteiger partial charge in [0.05, 0.1) is 27.9 Å². The average molecular weight is 316 g/mol. The van der Waals surface area contributed by atoms with Crippen molar-refractivity contribution in [3.05, 3.63) is 42.1 Å². The van der Waals surface area contributed by atoms with Crippen LogP contribution in [0.2, 0.25) is 0 Å². The highest BCUT2D eigenvalue weighted by atomic mass is 16.5. The lowest BCUT2D eigenvalue weighted by molar-refractivity contribution is 0.355. The predicted molar refractivity (Wildman–Crippen MR) is 89.3 cm³/mol. The van der Waals surface area contributed by atoms with Crippen LogP contribution in [-0.4, -0.2) is 32.3 Å². The molecule has 3 N–H and O–H groups in total. The molecule has 1 aromatic carbocycles. The van der Waals surface area contributed by atoms with Gasteiger partial charge in [-0.1, -0.05) is 0 Å².